The summed E-state index contributed by atoms with van der Waals surface area (Å²) < 4.78 is 33.3. The molecule has 1 aliphatic heterocycles. The zero-order valence-electron chi connectivity index (χ0n) is 12.1. The first-order valence-corrected chi connectivity index (χ1v) is 6.99. The van der Waals surface area contributed by atoms with Crippen molar-refractivity contribution >= 4 is 11.9 Å². The number of esters is 1. The van der Waals surface area contributed by atoms with E-state index in [-0.39, 0.29) is 36.6 Å². The lowest BCUT2D eigenvalue weighted by molar-refractivity contribution is -0.150. The Balaban J connectivity index is 2.41. The fourth-order valence-electron chi connectivity index (χ4n) is 2.66. The van der Waals surface area contributed by atoms with Crippen LogP contribution in [0.2, 0.25) is 0 Å². The Kier molecular flexibility index (Phi) is 5.07. The van der Waals surface area contributed by atoms with Crippen LogP contribution in [0.3, 0.4) is 0 Å². The fourth-order valence-corrected chi connectivity index (χ4v) is 2.66. The third-order valence-corrected chi connectivity index (χ3v) is 3.69. The first kappa shape index (κ1) is 16.4. The Hall–Kier alpha value is -2.02. The summed E-state index contributed by atoms with van der Waals surface area (Å²) in [5, 5.41) is 11.5. The minimum absolute atomic E-state index is 0.0248. The van der Waals surface area contributed by atoms with Crippen LogP contribution in [0.5, 0.6) is 0 Å². The molecule has 1 aromatic carbocycles. The van der Waals surface area contributed by atoms with Crippen LogP contribution in [0.1, 0.15) is 30.4 Å². The molecule has 2 rings (SSSR count). The highest BCUT2D eigenvalue weighted by Crippen LogP contribution is 2.35. The molecule has 1 saturated heterocycles. The van der Waals surface area contributed by atoms with Gasteiger partial charge in [0.05, 0.1) is 19.1 Å². The number of hydrogen-bond donors (Lipinski definition) is 2. The highest BCUT2D eigenvalue weighted by atomic mass is 19.1. The van der Waals surface area contributed by atoms with Crippen LogP contribution >= 0.6 is 0 Å². The van der Waals surface area contributed by atoms with Gasteiger partial charge in [-0.3, -0.25) is 9.59 Å². The van der Waals surface area contributed by atoms with Crippen LogP contribution in [0.25, 0.3) is 0 Å². The monoisotopic (exact) mass is 313 g/mol. The third-order valence-electron chi connectivity index (χ3n) is 3.69. The van der Waals surface area contributed by atoms with E-state index in [9.17, 15) is 18.4 Å². The minimum atomic E-state index is -0.930. The van der Waals surface area contributed by atoms with Crippen LogP contribution in [0.15, 0.2) is 12.1 Å². The van der Waals surface area contributed by atoms with E-state index < -0.39 is 36.0 Å². The molecule has 1 amide bonds. The van der Waals surface area contributed by atoms with E-state index in [0.29, 0.717) is 0 Å². The van der Waals surface area contributed by atoms with E-state index in [1.54, 1.807) is 6.92 Å². The van der Waals surface area contributed by atoms with Crippen molar-refractivity contribution in [2.75, 3.05) is 13.2 Å². The van der Waals surface area contributed by atoms with Gasteiger partial charge in [0.1, 0.15) is 11.6 Å². The van der Waals surface area contributed by atoms with E-state index in [2.05, 4.69) is 5.32 Å². The highest BCUT2D eigenvalue weighted by Gasteiger charge is 2.39. The van der Waals surface area contributed by atoms with E-state index >= 15 is 0 Å². The van der Waals surface area contributed by atoms with E-state index in [4.69, 9.17) is 9.84 Å². The number of nitrogens with one attached hydrogen (secondary N) is 1. The number of rotatable bonds is 4. The Morgan fingerprint density at radius 1 is 1.41 bits per heavy atom. The zero-order chi connectivity index (χ0) is 16.3. The third kappa shape index (κ3) is 3.24. The molecule has 0 bridgehead atoms. The SMILES string of the molecule is CCOC(=O)[C@H]1CNC(=O)CC1c1c(F)cc(CO)cc1F. The van der Waals surface area contributed by atoms with Crippen molar-refractivity contribution in [2.45, 2.75) is 25.9 Å². The zero-order valence-corrected chi connectivity index (χ0v) is 12.1. The van der Waals surface area contributed by atoms with Crippen LogP contribution < -0.4 is 5.32 Å². The summed E-state index contributed by atoms with van der Waals surface area (Å²) in [7, 11) is 0. The molecule has 1 heterocycles. The standard InChI is InChI=1S/C15H17F2NO4/c1-2-22-15(21)10-6-18-13(20)5-9(10)14-11(16)3-8(7-19)4-12(14)17/h3-4,9-10,19H,2,5-7H2,1H3,(H,18,20)/t9?,10-/m0/s1. The number of ether oxygens (including phenoxy) is 1. The van der Waals surface area contributed by atoms with Gasteiger partial charge < -0.3 is 15.2 Å². The van der Waals surface area contributed by atoms with Gasteiger partial charge in [0.15, 0.2) is 0 Å². The van der Waals surface area contributed by atoms with Crippen LogP contribution in [-0.4, -0.2) is 30.1 Å². The molecule has 1 fully saturated rings. The smallest absolute Gasteiger partial charge is 0.311 e. The second-order valence-electron chi connectivity index (χ2n) is 5.10. The molecular formula is C15H17F2NO4. The fraction of sp³-hybridized carbons (Fsp3) is 0.467. The molecule has 1 aromatic rings. The largest absolute Gasteiger partial charge is 0.466 e. The van der Waals surface area contributed by atoms with Gasteiger partial charge in [-0.15, -0.1) is 0 Å². The van der Waals surface area contributed by atoms with Gasteiger partial charge >= 0.3 is 5.97 Å². The Morgan fingerprint density at radius 3 is 2.59 bits per heavy atom. The van der Waals surface area contributed by atoms with Crippen molar-refractivity contribution in [2.24, 2.45) is 5.92 Å². The first-order valence-electron chi connectivity index (χ1n) is 6.99. The van der Waals surface area contributed by atoms with Gasteiger partial charge in [-0.05, 0) is 24.6 Å². The number of aliphatic hydroxyl groups excluding tert-OH is 1. The number of halogens is 2. The summed E-state index contributed by atoms with van der Waals surface area (Å²) in [5.41, 5.74) is -0.225. The molecule has 1 aliphatic rings. The summed E-state index contributed by atoms with van der Waals surface area (Å²) in [6.45, 7) is 1.25. The summed E-state index contributed by atoms with van der Waals surface area (Å²) in [6.07, 6.45) is -0.199. The van der Waals surface area contributed by atoms with E-state index in [1.165, 1.54) is 0 Å². The number of aliphatic hydroxyl groups is 1. The average molecular weight is 313 g/mol. The molecule has 120 valence electrons. The predicted octanol–water partition coefficient (Wildman–Crippen LogP) is 1.24. The molecule has 2 atom stereocenters. The molecule has 0 radical (unpaired) electrons. The number of benzene rings is 1. The molecule has 5 nitrogen and oxygen atoms in total. The molecule has 1 unspecified atom stereocenters. The summed E-state index contributed by atoms with van der Waals surface area (Å²) in [5.74, 6) is -4.51. The van der Waals surface area contributed by atoms with Gasteiger partial charge in [0.25, 0.3) is 0 Å². The highest BCUT2D eigenvalue weighted by molar-refractivity contribution is 5.83. The lowest BCUT2D eigenvalue weighted by Crippen LogP contribution is -2.44. The maximum atomic E-state index is 14.2. The van der Waals surface area contributed by atoms with E-state index in [0.717, 1.165) is 12.1 Å². The Labute approximate surface area is 126 Å². The maximum Gasteiger partial charge on any atom is 0.311 e. The first-order chi connectivity index (χ1) is 10.5. The molecule has 7 heteroatoms. The number of amides is 1. The maximum absolute atomic E-state index is 14.2. The molecule has 0 spiro atoms. The molecular weight excluding hydrogens is 296 g/mol. The minimum Gasteiger partial charge on any atom is -0.466 e. The summed E-state index contributed by atoms with van der Waals surface area (Å²) in [6, 6.07) is 2.01. The van der Waals surface area contributed by atoms with Gasteiger partial charge in [0.2, 0.25) is 5.91 Å². The van der Waals surface area contributed by atoms with Crippen LogP contribution in [0, 0.1) is 17.6 Å². The van der Waals surface area contributed by atoms with E-state index in [1.807, 2.05) is 0 Å². The van der Waals surface area contributed by atoms with Crippen LogP contribution in [0.4, 0.5) is 8.78 Å². The van der Waals surface area contributed by atoms with Crippen molar-refractivity contribution in [1.29, 1.82) is 0 Å². The lowest BCUT2D eigenvalue weighted by atomic mass is 9.80. The van der Waals surface area contributed by atoms with Gasteiger partial charge in [-0.1, -0.05) is 0 Å². The van der Waals surface area contributed by atoms with Gasteiger partial charge in [0, 0.05) is 24.4 Å². The topological polar surface area (TPSA) is 75.6 Å². The van der Waals surface area contributed by atoms with Crippen molar-refractivity contribution in [3.8, 4) is 0 Å². The molecule has 0 saturated carbocycles. The average Bonchev–Trinajstić information content (AvgIpc) is 2.46. The number of piperidine rings is 1. The Morgan fingerprint density at radius 2 is 2.05 bits per heavy atom. The second kappa shape index (κ2) is 6.83. The summed E-state index contributed by atoms with van der Waals surface area (Å²) in [4.78, 5) is 23.5. The second-order valence-corrected chi connectivity index (χ2v) is 5.10. The van der Waals surface area contributed by atoms with Crippen LogP contribution in [-0.2, 0) is 20.9 Å². The van der Waals surface area contributed by atoms with Gasteiger partial charge in [-0.2, -0.15) is 0 Å². The van der Waals surface area contributed by atoms with Gasteiger partial charge in [-0.25, -0.2) is 8.78 Å². The lowest BCUT2D eigenvalue weighted by Gasteiger charge is -2.30. The Bertz CT molecular complexity index is 568. The quantitative estimate of drug-likeness (QED) is 0.820. The number of carbonyl (C=O) groups excluding carboxylic acids is 2. The van der Waals surface area contributed by atoms with Crippen molar-refractivity contribution in [3.05, 3.63) is 34.9 Å². The number of carbonyl (C=O) groups is 2. The van der Waals surface area contributed by atoms with Crippen molar-refractivity contribution in [3.63, 3.8) is 0 Å². The van der Waals surface area contributed by atoms with Crippen molar-refractivity contribution < 1.29 is 28.2 Å². The molecule has 0 aliphatic carbocycles. The molecule has 2 N–H and O–H groups in total. The molecule has 22 heavy (non-hydrogen) atoms. The predicted molar refractivity (Wildman–Crippen MR) is 72.8 cm³/mol. The normalized spacial score (nSPS) is 21.4. The number of hydrogen-bond acceptors (Lipinski definition) is 4. The van der Waals surface area contributed by atoms with Crippen molar-refractivity contribution in [1.82, 2.24) is 5.32 Å². The molecule has 0 aromatic heterocycles. The summed E-state index contributed by atoms with van der Waals surface area (Å²) >= 11 is 0.